The molecular formula is C21H19N3O5. The number of carbonyl (C=O) groups excluding carboxylic acids is 3. The molecule has 0 spiro atoms. The highest BCUT2D eigenvalue weighted by Crippen LogP contribution is 2.16. The number of benzene rings is 2. The predicted molar refractivity (Wildman–Crippen MR) is 104 cm³/mol. The summed E-state index contributed by atoms with van der Waals surface area (Å²) >= 11 is 0. The molecule has 0 aliphatic rings. The van der Waals surface area contributed by atoms with Crippen molar-refractivity contribution in [2.24, 2.45) is 0 Å². The lowest BCUT2D eigenvalue weighted by atomic mass is 10.1. The number of esters is 1. The van der Waals surface area contributed by atoms with Crippen LogP contribution >= 0.6 is 0 Å². The minimum atomic E-state index is -1.06. The molecule has 0 fully saturated rings. The molecule has 0 aliphatic heterocycles. The van der Waals surface area contributed by atoms with Gasteiger partial charge in [-0.2, -0.15) is 0 Å². The van der Waals surface area contributed by atoms with E-state index in [9.17, 15) is 14.4 Å². The highest BCUT2D eigenvalue weighted by Gasteiger charge is 2.25. The van der Waals surface area contributed by atoms with Gasteiger partial charge < -0.3 is 19.9 Å². The third kappa shape index (κ3) is 5.52. The molecule has 0 saturated carbocycles. The average molecular weight is 393 g/mol. The van der Waals surface area contributed by atoms with Crippen LogP contribution < -0.4 is 10.6 Å². The van der Waals surface area contributed by atoms with Crippen LogP contribution in [0.5, 0.6) is 0 Å². The maximum Gasteiger partial charge on any atom is 0.333 e. The molecule has 3 rings (SSSR count). The van der Waals surface area contributed by atoms with E-state index in [0.717, 1.165) is 0 Å². The summed E-state index contributed by atoms with van der Waals surface area (Å²) in [6.07, 6.45) is 0. The molecule has 0 bridgehead atoms. The number of hydrogen-bond donors (Lipinski definition) is 2. The van der Waals surface area contributed by atoms with Crippen LogP contribution in [0.4, 0.5) is 5.82 Å². The number of aryl methyl sites for hydroxylation is 1. The minimum Gasteiger partial charge on any atom is -0.454 e. The quantitative estimate of drug-likeness (QED) is 0.597. The Bertz CT molecular complexity index is 986. The molecule has 3 aromatic rings. The van der Waals surface area contributed by atoms with Crippen LogP contribution in [-0.4, -0.2) is 29.5 Å². The van der Waals surface area contributed by atoms with Crippen molar-refractivity contribution in [3.05, 3.63) is 83.6 Å². The SMILES string of the molecule is Cc1cc(NC(=O)COC(=O)C(NC(=O)c2ccccc2)c2ccccc2)no1. The molecule has 1 atom stereocenters. The second-order valence-corrected chi connectivity index (χ2v) is 6.16. The van der Waals surface area contributed by atoms with E-state index >= 15 is 0 Å². The Morgan fingerprint density at radius 2 is 1.69 bits per heavy atom. The average Bonchev–Trinajstić information content (AvgIpc) is 3.15. The number of hydrogen-bond acceptors (Lipinski definition) is 6. The first kappa shape index (κ1) is 19.8. The summed E-state index contributed by atoms with van der Waals surface area (Å²) in [6, 6.07) is 17.6. The van der Waals surface area contributed by atoms with E-state index in [1.807, 2.05) is 0 Å². The van der Waals surface area contributed by atoms with Crippen LogP contribution in [0.3, 0.4) is 0 Å². The molecule has 1 unspecified atom stereocenters. The summed E-state index contributed by atoms with van der Waals surface area (Å²) in [5.74, 6) is -1.01. The Labute approximate surface area is 166 Å². The van der Waals surface area contributed by atoms with Gasteiger partial charge in [0.05, 0.1) is 0 Å². The van der Waals surface area contributed by atoms with Crippen molar-refractivity contribution >= 4 is 23.6 Å². The van der Waals surface area contributed by atoms with Gasteiger partial charge in [0.1, 0.15) is 5.76 Å². The Morgan fingerprint density at radius 3 is 2.31 bits per heavy atom. The summed E-state index contributed by atoms with van der Waals surface area (Å²) in [4.78, 5) is 37.1. The molecular weight excluding hydrogens is 374 g/mol. The zero-order chi connectivity index (χ0) is 20.6. The van der Waals surface area contributed by atoms with E-state index in [0.29, 0.717) is 16.9 Å². The van der Waals surface area contributed by atoms with Gasteiger partial charge >= 0.3 is 5.97 Å². The molecule has 1 aromatic heterocycles. The van der Waals surface area contributed by atoms with Crippen LogP contribution in [0, 0.1) is 6.92 Å². The molecule has 0 radical (unpaired) electrons. The zero-order valence-electron chi connectivity index (χ0n) is 15.6. The van der Waals surface area contributed by atoms with Gasteiger partial charge in [0.25, 0.3) is 11.8 Å². The van der Waals surface area contributed by atoms with E-state index in [4.69, 9.17) is 9.26 Å². The molecule has 148 valence electrons. The van der Waals surface area contributed by atoms with E-state index in [2.05, 4.69) is 15.8 Å². The normalized spacial score (nSPS) is 11.3. The van der Waals surface area contributed by atoms with Crippen molar-refractivity contribution in [3.8, 4) is 0 Å². The Hall–Kier alpha value is -3.94. The summed E-state index contributed by atoms with van der Waals surface area (Å²) in [7, 11) is 0. The van der Waals surface area contributed by atoms with Crippen molar-refractivity contribution in [3.63, 3.8) is 0 Å². The van der Waals surface area contributed by atoms with Crippen molar-refractivity contribution < 1.29 is 23.6 Å². The predicted octanol–water partition coefficient (Wildman–Crippen LogP) is 2.64. The first-order valence-electron chi connectivity index (χ1n) is 8.83. The number of nitrogens with zero attached hydrogens (tertiary/aromatic N) is 1. The maximum atomic E-state index is 12.6. The lowest BCUT2D eigenvalue weighted by Gasteiger charge is -2.18. The fraction of sp³-hybridized carbons (Fsp3) is 0.143. The summed E-state index contributed by atoms with van der Waals surface area (Å²) < 4.78 is 9.96. The van der Waals surface area contributed by atoms with Gasteiger partial charge in [-0.25, -0.2) is 4.79 Å². The molecule has 0 aliphatic carbocycles. The lowest BCUT2D eigenvalue weighted by molar-refractivity contribution is -0.149. The number of nitrogens with one attached hydrogen (secondary N) is 2. The molecule has 2 aromatic carbocycles. The number of ether oxygens (including phenoxy) is 1. The number of aromatic nitrogens is 1. The topological polar surface area (TPSA) is 111 Å². The van der Waals surface area contributed by atoms with Crippen LogP contribution in [0.15, 0.2) is 71.3 Å². The highest BCUT2D eigenvalue weighted by molar-refractivity contribution is 5.97. The summed E-state index contributed by atoms with van der Waals surface area (Å²) in [5, 5.41) is 8.74. The lowest BCUT2D eigenvalue weighted by Crippen LogP contribution is -2.36. The molecule has 8 heteroatoms. The first-order chi connectivity index (χ1) is 14.0. The second kappa shape index (κ2) is 9.32. The van der Waals surface area contributed by atoms with Gasteiger partial charge in [-0.15, -0.1) is 0 Å². The van der Waals surface area contributed by atoms with Gasteiger partial charge in [0.15, 0.2) is 18.5 Å². The van der Waals surface area contributed by atoms with Crippen LogP contribution in [-0.2, 0) is 14.3 Å². The largest absolute Gasteiger partial charge is 0.454 e. The monoisotopic (exact) mass is 393 g/mol. The third-order valence-corrected chi connectivity index (χ3v) is 3.92. The Morgan fingerprint density at radius 1 is 1.03 bits per heavy atom. The van der Waals surface area contributed by atoms with Crippen LogP contribution in [0.25, 0.3) is 0 Å². The molecule has 8 nitrogen and oxygen atoms in total. The maximum absolute atomic E-state index is 12.6. The number of rotatable bonds is 7. The molecule has 2 N–H and O–H groups in total. The van der Waals surface area contributed by atoms with Gasteiger partial charge in [0.2, 0.25) is 0 Å². The number of carbonyl (C=O) groups is 3. The van der Waals surface area contributed by atoms with Crippen molar-refractivity contribution in [2.45, 2.75) is 13.0 Å². The second-order valence-electron chi connectivity index (χ2n) is 6.16. The standard InChI is InChI=1S/C21H19N3O5/c1-14-12-17(24-29-14)22-18(25)13-28-21(27)19(15-8-4-2-5-9-15)23-20(26)16-10-6-3-7-11-16/h2-12,19H,13H2,1H3,(H,23,26)(H,22,24,25). The molecule has 0 saturated heterocycles. The van der Waals surface area contributed by atoms with Crippen molar-refractivity contribution in [2.75, 3.05) is 11.9 Å². The van der Waals surface area contributed by atoms with E-state index in [1.54, 1.807) is 67.6 Å². The van der Waals surface area contributed by atoms with Gasteiger partial charge in [-0.1, -0.05) is 53.7 Å². The minimum absolute atomic E-state index is 0.223. The molecule has 29 heavy (non-hydrogen) atoms. The van der Waals surface area contributed by atoms with Crippen LogP contribution in [0.2, 0.25) is 0 Å². The third-order valence-electron chi connectivity index (χ3n) is 3.92. The van der Waals surface area contributed by atoms with E-state index in [-0.39, 0.29) is 5.82 Å². The Kier molecular flexibility index (Phi) is 6.36. The summed E-state index contributed by atoms with van der Waals surface area (Å²) in [6.45, 7) is 1.15. The number of amides is 2. The Balaban J connectivity index is 1.66. The van der Waals surface area contributed by atoms with Gasteiger partial charge in [-0.3, -0.25) is 9.59 Å². The first-order valence-corrected chi connectivity index (χ1v) is 8.83. The van der Waals surface area contributed by atoms with E-state index < -0.39 is 30.4 Å². The fourth-order valence-electron chi connectivity index (χ4n) is 2.55. The number of anilines is 1. The summed E-state index contributed by atoms with van der Waals surface area (Å²) in [5.41, 5.74) is 0.940. The highest BCUT2D eigenvalue weighted by atomic mass is 16.5. The van der Waals surface area contributed by atoms with Crippen LogP contribution in [0.1, 0.15) is 27.7 Å². The van der Waals surface area contributed by atoms with Gasteiger partial charge in [0, 0.05) is 11.6 Å². The fourth-order valence-corrected chi connectivity index (χ4v) is 2.55. The zero-order valence-corrected chi connectivity index (χ0v) is 15.6. The smallest absolute Gasteiger partial charge is 0.333 e. The van der Waals surface area contributed by atoms with Crippen molar-refractivity contribution in [1.82, 2.24) is 10.5 Å². The van der Waals surface area contributed by atoms with Crippen molar-refractivity contribution in [1.29, 1.82) is 0 Å². The van der Waals surface area contributed by atoms with Gasteiger partial charge in [-0.05, 0) is 24.6 Å². The molecule has 2 amide bonds. The molecule has 1 heterocycles. The van der Waals surface area contributed by atoms with E-state index in [1.165, 1.54) is 6.07 Å².